The highest BCUT2D eigenvalue weighted by atomic mass is 16.5. The number of amides is 1. The molecule has 152 valence electrons. The molecular weight excluding hydrogens is 352 g/mol. The summed E-state index contributed by atoms with van der Waals surface area (Å²) in [5.74, 6) is 1.70. The van der Waals surface area contributed by atoms with Crippen LogP contribution in [-0.2, 0) is 9.53 Å². The Morgan fingerprint density at radius 3 is 2.71 bits per heavy atom. The Labute approximate surface area is 167 Å². The van der Waals surface area contributed by atoms with Gasteiger partial charge in [0.2, 0.25) is 5.91 Å². The molecule has 2 atom stereocenters. The van der Waals surface area contributed by atoms with E-state index < -0.39 is 6.04 Å². The third-order valence-corrected chi connectivity index (χ3v) is 6.30. The van der Waals surface area contributed by atoms with Gasteiger partial charge in [-0.25, -0.2) is 4.98 Å². The van der Waals surface area contributed by atoms with Crippen LogP contribution in [0.3, 0.4) is 0 Å². The molecular formula is C22H32N4O2. The third-order valence-electron chi connectivity index (χ3n) is 6.30. The van der Waals surface area contributed by atoms with Gasteiger partial charge < -0.3 is 19.9 Å². The maximum Gasteiger partial charge on any atom is 0.239 e. The summed E-state index contributed by atoms with van der Waals surface area (Å²) >= 11 is 0. The van der Waals surface area contributed by atoms with Crippen LogP contribution in [0.2, 0.25) is 0 Å². The Bertz CT molecular complexity index is 825. The average Bonchev–Trinajstić information content (AvgIpc) is 3.13. The molecule has 0 saturated carbocycles. The first-order valence-electron chi connectivity index (χ1n) is 10.6. The van der Waals surface area contributed by atoms with E-state index >= 15 is 0 Å². The second kappa shape index (κ2) is 8.21. The normalized spacial score (nSPS) is 22.7. The van der Waals surface area contributed by atoms with Crippen molar-refractivity contribution in [3.05, 3.63) is 30.1 Å². The zero-order chi connectivity index (χ0) is 19.7. The average molecular weight is 385 g/mol. The number of carbonyl (C=O) groups excluding carboxylic acids is 1. The minimum Gasteiger partial charge on any atom is -0.381 e. The van der Waals surface area contributed by atoms with Gasteiger partial charge in [0.15, 0.2) is 0 Å². The summed E-state index contributed by atoms with van der Waals surface area (Å²) in [5.41, 5.74) is 8.59. The zero-order valence-electron chi connectivity index (χ0n) is 17.0. The highest BCUT2D eigenvalue weighted by molar-refractivity contribution is 5.82. The van der Waals surface area contributed by atoms with Crippen LogP contribution in [0.25, 0.3) is 11.0 Å². The van der Waals surface area contributed by atoms with Crippen molar-refractivity contribution >= 4 is 16.9 Å². The van der Waals surface area contributed by atoms with Crippen LogP contribution < -0.4 is 5.73 Å². The molecule has 2 unspecified atom stereocenters. The number of nitrogens with two attached hydrogens (primary N) is 1. The van der Waals surface area contributed by atoms with E-state index in [2.05, 4.69) is 36.6 Å². The molecule has 28 heavy (non-hydrogen) atoms. The third kappa shape index (κ3) is 3.67. The molecule has 2 aliphatic heterocycles. The zero-order valence-corrected chi connectivity index (χ0v) is 17.0. The van der Waals surface area contributed by atoms with Crippen molar-refractivity contribution in [1.29, 1.82) is 0 Å². The van der Waals surface area contributed by atoms with Gasteiger partial charge in [0, 0.05) is 38.3 Å². The lowest BCUT2D eigenvalue weighted by molar-refractivity contribution is -0.136. The van der Waals surface area contributed by atoms with Gasteiger partial charge in [0.05, 0.1) is 17.1 Å². The predicted molar refractivity (Wildman–Crippen MR) is 110 cm³/mol. The molecule has 2 aromatic rings. The van der Waals surface area contributed by atoms with Crippen LogP contribution in [0, 0.1) is 5.92 Å². The van der Waals surface area contributed by atoms with Gasteiger partial charge in [0.1, 0.15) is 5.82 Å². The molecule has 0 aliphatic carbocycles. The number of fused-ring (bicyclic) bond motifs is 1. The van der Waals surface area contributed by atoms with Crippen LogP contribution >= 0.6 is 0 Å². The number of hydrogen-bond acceptors (Lipinski definition) is 4. The van der Waals surface area contributed by atoms with Crippen molar-refractivity contribution in [3.63, 3.8) is 0 Å². The second-order valence-corrected chi connectivity index (χ2v) is 8.52. The molecule has 1 aromatic heterocycles. The Morgan fingerprint density at radius 2 is 1.96 bits per heavy atom. The monoisotopic (exact) mass is 384 g/mol. The second-order valence-electron chi connectivity index (χ2n) is 8.52. The molecule has 2 saturated heterocycles. The van der Waals surface area contributed by atoms with Gasteiger partial charge in [-0.3, -0.25) is 4.79 Å². The number of imidazole rings is 1. The van der Waals surface area contributed by atoms with Gasteiger partial charge in [-0.1, -0.05) is 12.1 Å². The van der Waals surface area contributed by atoms with Crippen LogP contribution in [0.15, 0.2) is 24.3 Å². The molecule has 0 radical (unpaired) electrons. The number of ether oxygens (including phenoxy) is 1. The van der Waals surface area contributed by atoms with Crippen molar-refractivity contribution in [3.8, 4) is 0 Å². The number of likely N-dealkylation sites (tertiary alicyclic amines) is 1. The van der Waals surface area contributed by atoms with Gasteiger partial charge in [-0.2, -0.15) is 0 Å². The van der Waals surface area contributed by atoms with E-state index in [0.717, 1.165) is 43.6 Å². The van der Waals surface area contributed by atoms with E-state index in [1.807, 2.05) is 11.0 Å². The number of benzene rings is 1. The first kappa shape index (κ1) is 19.4. The number of hydrogen-bond donors (Lipinski definition) is 1. The summed E-state index contributed by atoms with van der Waals surface area (Å²) in [6.07, 6.45) is 3.82. The van der Waals surface area contributed by atoms with Crippen LogP contribution in [0.4, 0.5) is 0 Å². The Morgan fingerprint density at radius 1 is 1.21 bits per heavy atom. The van der Waals surface area contributed by atoms with E-state index in [-0.39, 0.29) is 17.7 Å². The standard InChI is InChI=1S/C22H32N4O2/c1-15(2)26-19-8-4-3-7-18(19)24-21(26)17-6-5-11-25(14-17)22(27)20(23)16-9-12-28-13-10-16/h3-4,7-8,15-17,20H,5-6,9-14,23H2,1-2H3. The van der Waals surface area contributed by atoms with E-state index in [1.165, 1.54) is 5.52 Å². The van der Waals surface area contributed by atoms with E-state index in [1.54, 1.807) is 0 Å². The van der Waals surface area contributed by atoms with E-state index in [9.17, 15) is 4.79 Å². The first-order chi connectivity index (χ1) is 13.6. The quantitative estimate of drug-likeness (QED) is 0.879. The van der Waals surface area contributed by atoms with Crippen molar-refractivity contribution < 1.29 is 9.53 Å². The van der Waals surface area contributed by atoms with E-state index in [0.29, 0.717) is 25.8 Å². The largest absolute Gasteiger partial charge is 0.381 e. The summed E-state index contributed by atoms with van der Waals surface area (Å²) in [4.78, 5) is 20.0. The number of piperidine rings is 1. The summed E-state index contributed by atoms with van der Waals surface area (Å²) in [6.45, 7) is 7.34. The number of carbonyl (C=O) groups is 1. The summed E-state index contributed by atoms with van der Waals surface area (Å²) in [6, 6.07) is 8.23. The molecule has 0 bridgehead atoms. The van der Waals surface area contributed by atoms with Gasteiger partial charge >= 0.3 is 0 Å². The van der Waals surface area contributed by atoms with Crippen LogP contribution in [0.1, 0.15) is 57.3 Å². The minimum atomic E-state index is -0.411. The molecule has 0 spiro atoms. The molecule has 2 fully saturated rings. The summed E-state index contributed by atoms with van der Waals surface area (Å²) in [7, 11) is 0. The number of nitrogens with zero attached hydrogens (tertiary/aromatic N) is 3. The topological polar surface area (TPSA) is 73.4 Å². The molecule has 1 aromatic carbocycles. The molecule has 2 N–H and O–H groups in total. The summed E-state index contributed by atoms with van der Waals surface area (Å²) in [5, 5.41) is 0. The maximum absolute atomic E-state index is 13.1. The Hall–Kier alpha value is -1.92. The maximum atomic E-state index is 13.1. The van der Waals surface area contributed by atoms with Crippen molar-refractivity contribution in [2.75, 3.05) is 26.3 Å². The smallest absolute Gasteiger partial charge is 0.239 e. The number of rotatable bonds is 4. The molecule has 2 aliphatic rings. The van der Waals surface area contributed by atoms with Crippen molar-refractivity contribution in [1.82, 2.24) is 14.5 Å². The molecule has 4 rings (SSSR count). The summed E-state index contributed by atoms with van der Waals surface area (Å²) < 4.78 is 7.76. The number of aromatic nitrogens is 2. The minimum absolute atomic E-state index is 0.101. The predicted octanol–water partition coefficient (Wildman–Crippen LogP) is 3.08. The molecule has 6 nitrogen and oxygen atoms in total. The molecule has 1 amide bonds. The Balaban J connectivity index is 1.55. The SMILES string of the molecule is CC(C)n1c(C2CCCN(C(=O)C(N)C3CCOCC3)C2)nc2ccccc21. The van der Waals surface area contributed by atoms with Crippen LogP contribution in [0.5, 0.6) is 0 Å². The first-order valence-corrected chi connectivity index (χ1v) is 10.6. The fourth-order valence-electron chi connectivity index (χ4n) is 4.77. The molecule has 6 heteroatoms. The fourth-order valence-corrected chi connectivity index (χ4v) is 4.77. The Kier molecular flexibility index (Phi) is 5.69. The lowest BCUT2D eigenvalue weighted by Crippen LogP contribution is -2.51. The fraction of sp³-hybridized carbons (Fsp3) is 0.636. The van der Waals surface area contributed by atoms with E-state index in [4.69, 9.17) is 15.5 Å². The van der Waals surface area contributed by atoms with Crippen molar-refractivity contribution in [2.24, 2.45) is 11.7 Å². The van der Waals surface area contributed by atoms with Gasteiger partial charge in [-0.15, -0.1) is 0 Å². The lowest BCUT2D eigenvalue weighted by atomic mass is 9.90. The highest BCUT2D eigenvalue weighted by Gasteiger charge is 2.34. The lowest BCUT2D eigenvalue weighted by Gasteiger charge is -2.36. The number of para-hydroxylation sites is 2. The van der Waals surface area contributed by atoms with Gasteiger partial charge in [-0.05, 0) is 57.6 Å². The van der Waals surface area contributed by atoms with Gasteiger partial charge in [0.25, 0.3) is 0 Å². The van der Waals surface area contributed by atoms with Crippen molar-refractivity contribution in [2.45, 2.75) is 57.5 Å². The highest BCUT2D eigenvalue weighted by Crippen LogP contribution is 2.32. The van der Waals surface area contributed by atoms with Crippen LogP contribution in [-0.4, -0.2) is 52.7 Å². The molecule has 3 heterocycles.